The molecule has 0 saturated carbocycles. The molecule has 0 saturated heterocycles. The summed E-state index contributed by atoms with van der Waals surface area (Å²) in [5, 5.41) is 9.10. The van der Waals surface area contributed by atoms with Gasteiger partial charge in [-0.05, 0) is 0 Å². The summed E-state index contributed by atoms with van der Waals surface area (Å²) in [5.41, 5.74) is -0.290. The lowest BCUT2D eigenvalue weighted by Gasteiger charge is -2.03. The lowest BCUT2D eigenvalue weighted by molar-refractivity contribution is 0.390. The van der Waals surface area contributed by atoms with Gasteiger partial charge in [-0.15, -0.1) is 0 Å². The first kappa shape index (κ1) is 7.65. The van der Waals surface area contributed by atoms with Crippen LogP contribution in [-0.4, -0.2) is 16.8 Å². The van der Waals surface area contributed by atoms with Crippen molar-refractivity contribution in [3.05, 3.63) is 22.5 Å². The van der Waals surface area contributed by atoms with Crippen molar-refractivity contribution in [1.29, 1.82) is 0 Å². The van der Waals surface area contributed by atoms with Gasteiger partial charge in [0.15, 0.2) is 5.88 Å². The second kappa shape index (κ2) is 2.65. The zero-order chi connectivity index (χ0) is 8.43. The molecule has 0 amide bonds. The Labute approximate surface area is 63.7 Å². The molecule has 0 aliphatic heterocycles. The van der Waals surface area contributed by atoms with Gasteiger partial charge in [-0.1, -0.05) is 0 Å². The maximum Gasteiger partial charge on any atom is 0.256 e. The Morgan fingerprint density at radius 1 is 1.55 bits per heavy atom. The van der Waals surface area contributed by atoms with E-state index in [4.69, 9.17) is 9.84 Å². The lowest BCUT2D eigenvalue weighted by atomic mass is 10.4. The van der Waals surface area contributed by atoms with Crippen LogP contribution < -0.4 is 10.3 Å². The van der Waals surface area contributed by atoms with E-state index in [9.17, 15) is 4.79 Å². The smallest absolute Gasteiger partial charge is 0.256 e. The van der Waals surface area contributed by atoms with Gasteiger partial charge in [0.1, 0.15) is 5.75 Å². The predicted octanol–water partition coefficient (Wildman–Crippen LogP) is 0.0995. The SMILES string of the molecule is COc1cc(O)n(C)c(=O)c1. The van der Waals surface area contributed by atoms with Gasteiger partial charge in [0, 0.05) is 19.2 Å². The van der Waals surface area contributed by atoms with Crippen LogP contribution in [0.1, 0.15) is 0 Å². The lowest BCUT2D eigenvalue weighted by Crippen LogP contribution is -2.14. The molecule has 4 nitrogen and oxygen atoms in total. The molecule has 1 aromatic heterocycles. The van der Waals surface area contributed by atoms with Gasteiger partial charge in [-0.25, -0.2) is 0 Å². The Morgan fingerprint density at radius 2 is 2.18 bits per heavy atom. The predicted molar refractivity (Wildman–Crippen MR) is 39.9 cm³/mol. The molecule has 0 bridgehead atoms. The summed E-state index contributed by atoms with van der Waals surface area (Å²) in [6.07, 6.45) is 0. The molecule has 0 unspecified atom stereocenters. The standard InChI is InChI=1S/C7H9NO3/c1-8-6(9)3-5(11-2)4-7(8)10/h3-4,9H,1-2H3. The first-order chi connectivity index (χ1) is 5.15. The van der Waals surface area contributed by atoms with Gasteiger partial charge < -0.3 is 9.84 Å². The van der Waals surface area contributed by atoms with Gasteiger partial charge in [-0.3, -0.25) is 9.36 Å². The molecular weight excluding hydrogens is 146 g/mol. The molecule has 0 spiro atoms. The van der Waals surface area contributed by atoms with Crippen molar-refractivity contribution in [1.82, 2.24) is 4.57 Å². The number of methoxy groups -OCH3 is 1. The van der Waals surface area contributed by atoms with E-state index >= 15 is 0 Å². The molecule has 60 valence electrons. The van der Waals surface area contributed by atoms with E-state index in [-0.39, 0.29) is 11.4 Å². The van der Waals surface area contributed by atoms with Gasteiger partial charge >= 0.3 is 0 Å². The number of rotatable bonds is 1. The maximum absolute atomic E-state index is 10.9. The van der Waals surface area contributed by atoms with E-state index in [1.165, 1.54) is 26.3 Å². The highest BCUT2D eigenvalue weighted by Gasteiger charge is 2.00. The summed E-state index contributed by atoms with van der Waals surface area (Å²) in [7, 11) is 2.92. The molecule has 0 aromatic carbocycles. The minimum Gasteiger partial charge on any atom is -0.496 e. The highest BCUT2D eigenvalue weighted by atomic mass is 16.5. The van der Waals surface area contributed by atoms with Crippen molar-refractivity contribution in [2.75, 3.05) is 7.11 Å². The third-order valence-electron chi connectivity index (χ3n) is 1.45. The van der Waals surface area contributed by atoms with Crippen LogP contribution in [0.5, 0.6) is 11.6 Å². The van der Waals surface area contributed by atoms with Crippen LogP contribution >= 0.6 is 0 Å². The van der Waals surface area contributed by atoms with Crippen molar-refractivity contribution >= 4 is 0 Å². The summed E-state index contributed by atoms with van der Waals surface area (Å²) in [5.74, 6) is 0.264. The van der Waals surface area contributed by atoms with E-state index in [0.717, 1.165) is 4.57 Å². The third-order valence-corrected chi connectivity index (χ3v) is 1.45. The normalized spacial score (nSPS) is 9.64. The van der Waals surface area contributed by atoms with Gasteiger partial charge in [-0.2, -0.15) is 0 Å². The minimum atomic E-state index is -0.290. The molecule has 11 heavy (non-hydrogen) atoms. The molecule has 1 N–H and O–H groups in total. The first-order valence-electron chi connectivity index (χ1n) is 3.09. The van der Waals surface area contributed by atoms with Gasteiger partial charge in [0.2, 0.25) is 0 Å². The van der Waals surface area contributed by atoms with Gasteiger partial charge in [0.05, 0.1) is 7.11 Å². The summed E-state index contributed by atoms with van der Waals surface area (Å²) in [4.78, 5) is 10.9. The topological polar surface area (TPSA) is 51.5 Å². The monoisotopic (exact) mass is 155 g/mol. The van der Waals surface area contributed by atoms with Crippen molar-refractivity contribution in [2.24, 2.45) is 7.05 Å². The summed E-state index contributed by atoms with van der Waals surface area (Å²) >= 11 is 0. The molecule has 1 heterocycles. The molecule has 4 heteroatoms. The van der Waals surface area contributed by atoms with E-state index in [2.05, 4.69) is 0 Å². The highest BCUT2D eigenvalue weighted by Crippen LogP contribution is 2.12. The van der Waals surface area contributed by atoms with E-state index in [1.807, 2.05) is 0 Å². The highest BCUT2D eigenvalue weighted by molar-refractivity contribution is 5.26. The van der Waals surface area contributed by atoms with E-state index in [0.29, 0.717) is 5.75 Å². The van der Waals surface area contributed by atoms with Crippen LogP contribution in [0.2, 0.25) is 0 Å². The number of hydrogen-bond donors (Lipinski definition) is 1. The number of aromatic nitrogens is 1. The molecule has 0 fully saturated rings. The summed E-state index contributed by atoms with van der Waals surface area (Å²) < 4.78 is 5.88. The summed E-state index contributed by atoms with van der Waals surface area (Å²) in [6.45, 7) is 0. The molecule has 0 atom stereocenters. The number of aromatic hydroxyl groups is 1. The third kappa shape index (κ3) is 1.34. The second-order valence-electron chi connectivity index (χ2n) is 2.15. The van der Waals surface area contributed by atoms with Crippen LogP contribution in [0.4, 0.5) is 0 Å². The molecule has 1 aromatic rings. The maximum atomic E-state index is 10.9. The molecular formula is C7H9NO3. The van der Waals surface area contributed by atoms with Crippen LogP contribution in [0.25, 0.3) is 0 Å². The summed E-state index contributed by atoms with van der Waals surface area (Å²) in [6, 6.07) is 2.68. The zero-order valence-corrected chi connectivity index (χ0v) is 6.37. The van der Waals surface area contributed by atoms with Crippen LogP contribution in [-0.2, 0) is 7.05 Å². The quantitative estimate of drug-likeness (QED) is 0.625. The fourth-order valence-electron chi connectivity index (χ4n) is 0.715. The fraction of sp³-hybridized carbons (Fsp3) is 0.286. The van der Waals surface area contributed by atoms with Crippen LogP contribution in [0.15, 0.2) is 16.9 Å². The largest absolute Gasteiger partial charge is 0.496 e. The Morgan fingerprint density at radius 3 is 2.64 bits per heavy atom. The Balaban J connectivity index is 3.32. The van der Waals surface area contributed by atoms with Crippen molar-refractivity contribution in [2.45, 2.75) is 0 Å². The Bertz CT molecular complexity index is 316. The first-order valence-corrected chi connectivity index (χ1v) is 3.09. The Hall–Kier alpha value is -1.45. The average molecular weight is 155 g/mol. The van der Waals surface area contributed by atoms with Crippen molar-refractivity contribution in [3.8, 4) is 11.6 Å². The fourth-order valence-corrected chi connectivity index (χ4v) is 0.715. The number of nitrogens with zero attached hydrogens (tertiary/aromatic N) is 1. The van der Waals surface area contributed by atoms with Gasteiger partial charge in [0.25, 0.3) is 5.56 Å². The number of pyridine rings is 1. The van der Waals surface area contributed by atoms with E-state index in [1.54, 1.807) is 0 Å². The Kier molecular flexibility index (Phi) is 1.85. The molecule has 0 aliphatic carbocycles. The zero-order valence-electron chi connectivity index (χ0n) is 6.37. The molecule has 0 radical (unpaired) electrons. The second-order valence-corrected chi connectivity index (χ2v) is 2.15. The molecule has 0 aliphatic rings. The van der Waals surface area contributed by atoms with Crippen molar-refractivity contribution in [3.63, 3.8) is 0 Å². The number of hydrogen-bond acceptors (Lipinski definition) is 3. The van der Waals surface area contributed by atoms with E-state index < -0.39 is 0 Å². The van der Waals surface area contributed by atoms with Crippen LogP contribution in [0.3, 0.4) is 0 Å². The average Bonchev–Trinajstić information content (AvgIpc) is 1.99. The number of ether oxygens (including phenoxy) is 1. The van der Waals surface area contributed by atoms with Crippen molar-refractivity contribution < 1.29 is 9.84 Å². The molecule has 1 rings (SSSR count). The minimum absolute atomic E-state index is 0.102. The van der Waals surface area contributed by atoms with Crippen LogP contribution in [0, 0.1) is 0 Å².